The Hall–Kier alpha value is -1.87. The van der Waals surface area contributed by atoms with Crippen LogP contribution in [0.15, 0.2) is 53.5 Å². The van der Waals surface area contributed by atoms with Crippen LogP contribution >= 0.6 is 24.0 Å². The van der Waals surface area contributed by atoms with E-state index < -0.39 is 0 Å². The fraction of sp³-hybridized carbons (Fsp3) is 0.458. The summed E-state index contributed by atoms with van der Waals surface area (Å²) < 4.78 is 24.5. The van der Waals surface area contributed by atoms with E-state index in [1.807, 2.05) is 30.1 Å². The third-order valence-corrected chi connectivity index (χ3v) is 5.69. The van der Waals surface area contributed by atoms with Gasteiger partial charge in [-0.25, -0.2) is 4.39 Å². The molecule has 0 bridgehead atoms. The molecule has 0 aliphatic carbocycles. The Kier molecular flexibility index (Phi) is 10.0. The first-order valence-electron chi connectivity index (χ1n) is 10.5. The van der Waals surface area contributed by atoms with Crippen LogP contribution in [0.5, 0.6) is 5.75 Å². The Morgan fingerprint density at radius 3 is 2.52 bits per heavy atom. The quantitative estimate of drug-likeness (QED) is 0.317. The topological polar surface area (TPSA) is 46.1 Å². The highest BCUT2D eigenvalue weighted by Gasteiger charge is 2.34. The van der Waals surface area contributed by atoms with Gasteiger partial charge in [0.15, 0.2) is 5.96 Å². The van der Waals surface area contributed by atoms with Crippen molar-refractivity contribution in [2.24, 2.45) is 4.99 Å². The number of nitrogens with one attached hydrogen (secondary N) is 1. The molecule has 31 heavy (non-hydrogen) atoms. The molecule has 0 atom stereocenters. The van der Waals surface area contributed by atoms with Gasteiger partial charge in [0, 0.05) is 38.8 Å². The lowest BCUT2D eigenvalue weighted by Crippen LogP contribution is -2.41. The van der Waals surface area contributed by atoms with Crippen molar-refractivity contribution in [1.82, 2.24) is 10.2 Å². The largest absolute Gasteiger partial charge is 0.497 e. The fourth-order valence-corrected chi connectivity index (χ4v) is 3.92. The van der Waals surface area contributed by atoms with Gasteiger partial charge in [0.25, 0.3) is 0 Å². The number of methoxy groups -OCH3 is 1. The molecule has 0 aromatic heterocycles. The Morgan fingerprint density at radius 1 is 1.19 bits per heavy atom. The lowest BCUT2D eigenvalue weighted by Gasteiger charge is -2.37. The number of rotatable bonds is 7. The van der Waals surface area contributed by atoms with Crippen LogP contribution in [0.2, 0.25) is 0 Å². The number of aliphatic imine (C=N–C) groups is 1. The van der Waals surface area contributed by atoms with E-state index in [0.29, 0.717) is 13.1 Å². The van der Waals surface area contributed by atoms with E-state index in [2.05, 4.69) is 24.4 Å². The van der Waals surface area contributed by atoms with Gasteiger partial charge in [0.1, 0.15) is 11.6 Å². The van der Waals surface area contributed by atoms with E-state index in [4.69, 9.17) is 14.5 Å². The van der Waals surface area contributed by atoms with E-state index in [0.717, 1.165) is 49.9 Å². The smallest absolute Gasteiger partial charge is 0.193 e. The fourth-order valence-electron chi connectivity index (χ4n) is 3.92. The van der Waals surface area contributed by atoms with Gasteiger partial charge in [-0.3, -0.25) is 4.99 Å². The standard InChI is InChI=1S/C24H32FN3O2.HI/c1-4-26-23(28(2)17-19-6-5-7-21(25)16-19)27-18-24(12-14-30-15-13-24)20-8-10-22(29-3)11-9-20;/h5-11,16H,4,12-15,17-18H2,1-3H3,(H,26,27);1H. The van der Waals surface area contributed by atoms with Crippen molar-refractivity contribution < 1.29 is 13.9 Å². The summed E-state index contributed by atoms with van der Waals surface area (Å²) in [5.41, 5.74) is 2.11. The first kappa shape index (κ1) is 25.4. The van der Waals surface area contributed by atoms with E-state index in [1.165, 1.54) is 11.6 Å². The maximum absolute atomic E-state index is 13.6. The first-order valence-corrected chi connectivity index (χ1v) is 10.5. The highest BCUT2D eigenvalue weighted by atomic mass is 127. The average molecular weight is 541 g/mol. The second-order valence-corrected chi connectivity index (χ2v) is 7.78. The van der Waals surface area contributed by atoms with E-state index in [1.54, 1.807) is 19.2 Å². The molecule has 1 aliphatic heterocycles. The molecule has 0 spiro atoms. The van der Waals surface area contributed by atoms with Crippen molar-refractivity contribution in [3.8, 4) is 5.75 Å². The molecule has 2 aromatic carbocycles. The molecule has 1 N–H and O–H groups in total. The molecular formula is C24H33FIN3O2. The van der Waals surface area contributed by atoms with Gasteiger partial charge in [-0.2, -0.15) is 0 Å². The molecule has 1 saturated heterocycles. The van der Waals surface area contributed by atoms with Crippen molar-refractivity contribution in [2.45, 2.75) is 31.7 Å². The predicted octanol–water partition coefficient (Wildman–Crippen LogP) is 4.60. The van der Waals surface area contributed by atoms with Crippen LogP contribution in [0, 0.1) is 5.82 Å². The first-order chi connectivity index (χ1) is 14.6. The van der Waals surface area contributed by atoms with Crippen LogP contribution in [-0.2, 0) is 16.7 Å². The lowest BCUT2D eigenvalue weighted by atomic mass is 9.74. The van der Waals surface area contributed by atoms with Gasteiger partial charge in [0.05, 0.1) is 13.7 Å². The molecule has 5 nitrogen and oxygen atoms in total. The number of benzene rings is 2. The number of hydrogen-bond donors (Lipinski definition) is 1. The zero-order chi connectivity index (χ0) is 21.4. The molecule has 7 heteroatoms. The monoisotopic (exact) mass is 541 g/mol. The zero-order valence-corrected chi connectivity index (χ0v) is 20.9. The Morgan fingerprint density at radius 2 is 1.90 bits per heavy atom. The molecule has 1 fully saturated rings. The molecule has 2 aromatic rings. The summed E-state index contributed by atoms with van der Waals surface area (Å²) in [5, 5.41) is 3.37. The number of guanidine groups is 1. The molecule has 1 heterocycles. The molecule has 0 radical (unpaired) electrons. The number of hydrogen-bond acceptors (Lipinski definition) is 3. The van der Waals surface area contributed by atoms with Crippen LogP contribution in [0.25, 0.3) is 0 Å². The number of halogens is 2. The van der Waals surface area contributed by atoms with Crippen molar-refractivity contribution in [2.75, 3.05) is 40.5 Å². The van der Waals surface area contributed by atoms with Crippen molar-refractivity contribution in [3.05, 3.63) is 65.5 Å². The highest BCUT2D eigenvalue weighted by molar-refractivity contribution is 14.0. The second kappa shape index (κ2) is 12.2. The second-order valence-electron chi connectivity index (χ2n) is 7.78. The van der Waals surface area contributed by atoms with E-state index >= 15 is 0 Å². The summed E-state index contributed by atoms with van der Waals surface area (Å²) in [4.78, 5) is 7.04. The molecule has 1 aliphatic rings. The van der Waals surface area contributed by atoms with Gasteiger partial charge in [-0.1, -0.05) is 24.3 Å². The summed E-state index contributed by atoms with van der Waals surface area (Å²) in [5.74, 6) is 1.46. The van der Waals surface area contributed by atoms with Crippen LogP contribution in [0.3, 0.4) is 0 Å². The third kappa shape index (κ3) is 6.80. The van der Waals surface area contributed by atoms with Gasteiger partial charge < -0.3 is 19.7 Å². The van der Waals surface area contributed by atoms with Crippen LogP contribution < -0.4 is 10.1 Å². The summed E-state index contributed by atoms with van der Waals surface area (Å²) in [7, 11) is 3.66. The minimum absolute atomic E-state index is 0. The van der Waals surface area contributed by atoms with Crippen LogP contribution in [0.4, 0.5) is 4.39 Å². The maximum atomic E-state index is 13.6. The molecule has 3 rings (SSSR count). The molecule has 170 valence electrons. The van der Waals surface area contributed by atoms with Crippen molar-refractivity contribution >= 4 is 29.9 Å². The predicted molar refractivity (Wildman–Crippen MR) is 134 cm³/mol. The summed E-state index contributed by atoms with van der Waals surface area (Å²) in [6, 6.07) is 15.0. The number of nitrogens with zero attached hydrogens (tertiary/aromatic N) is 2. The lowest BCUT2D eigenvalue weighted by molar-refractivity contribution is 0.0530. The maximum Gasteiger partial charge on any atom is 0.193 e. The molecular weight excluding hydrogens is 508 g/mol. The van der Waals surface area contributed by atoms with Crippen LogP contribution in [-0.4, -0.2) is 51.3 Å². The highest BCUT2D eigenvalue weighted by Crippen LogP contribution is 2.36. The SMILES string of the molecule is CCNC(=NCC1(c2ccc(OC)cc2)CCOCC1)N(C)Cc1cccc(F)c1.I. The number of ether oxygens (including phenoxy) is 2. The van der Waals surface area contributed by atoms with Gasteiger partial charge in [0.2, 0.25) is 0 Å². The average Bonchev–Trinajstić information content (AvgIpc) is 2.77. The van der Waals surface area contributed by atoms with E-state index in [9.17, 15) is 4.39 Å². The third-order valence-electron chi connectivity index (χ3n) is 5.69. The van der Waals surface area contributed by atoms with Crippen molar-refractivity contribution in [3.63, 3.8) is 0 Å². The minimum atomic E-state index is -0.219. The molecule has 0 saturated carbocycles. The Labute approximate surface area is 202 Å². The minimum Gasteiger partial charge on any atom is -0.497 e. The summed E-state index contributed by atoms with van der Waals surface area (Å²) in [6.07, 6.45) is 1.85. The Balaban J connectivity index is 0.00000341. The van der Waals surface area contributed by atoms with Gasteiger partial charge >= 0.3 is 0 Å². The Bertz CT molecular complexity index is 839. The molecule has 0 unspecified atom stereocenters. The van der Waals surface area contributed by atoms with E-state index in [-0.39, 0.29) is 35.2 Å². The molecule has 0 amide bonds. The van der Waals surface area contributed by atoms with Crippen LogP contribution in [0.1, 0.15) is 30.9 Å². The summed E-state index contributed by atoms with van der Waals surface area (Å²) >= 11 is 0. The van der Waals surface area contributed by atoms with Gasteiger partial charge in [-0.15, -0.1) is 24.0 Å². The summed E-state index contributed by atoms with van der Waals surface area (Å²) in [6.45, 7) is 5.54. The normalized spacial score (nSPS) is 15.7. The zero-order valence-electron chi connectivity index (χ0n) is 18.6. The van der Waals surface area contributed by atoms with Gasteiger partial charge in [-0.05, 0) is 55.2 Å². The van der Waals surface area contributed by atoms with Crippen molar-refractivity contribution in [1.29, 1.82) is 0 Å².